The maximum absolute atomic E-state index is 12.9. The molecule has 8 heteroatoms. The predicted molar refractivity (Wildman–Crippen MR) is 85.0 cm³/mol. The molecule has 0 aliphatic carbocycles. The highest BCUT2D eigenvalue weighted by Gasteiger charge is 2.14. The number of hydrogen-bond donors (Lipinski definition) is 1. The Bertz CT molecular complexity index is 909. The zero-order chi connectivity index (χ0) is 17.0. The van der Waals surface area contributed by atoms with Crippen LogP contribution in [0.25, 0.3) is 11.5 Å². The van der Waals surface area contributed by atoms with Crippen molar-refractivity contribution in [1.82, 2.24) is 14.9 Å². The molecular weight excluding hydrogens is 333 g/mol. The number of sulfonamides is 1. The third-order valence-electron chi connectivity index (χ3n) is 3.24. The molecule has 0 fully saturated rings. The fourth-order valence-corrected chi connectivity index (χ4v) is 3.09. The van der Waals surface area contributed by atoms with Crippen molar-refractivity contribution in [3.05, 3.63) is 66.3 Å². The summed E-state index contributed by atoms with van der Waals surface area (Å²) >= 11 is 0. The topological polar surface area (TPSA) is 85.1 Å². The van der Waals surface area contributed by atoms with Gasteiger partial charge in [-0.25, -0.2) is 17.5 Å². The lowest BCUT2D eigenvalue weighted by Gasteiger charge is -2.04. The Morgan fingerprint density at radius 1 is 1.00 bits per heavy atom. The molecule has 6 nitrogen and oxygen atoms in total. The van der Waals surface area contributed by atoms with E-state index in [2.05, 4.69) is 14.9 Å². The summed E-state index contributed by atoms with van der Waals surface area (Å²) in [4.78, 5) is 0.197. The molecule has 2 aromatic carbocycles. The zero-order valence-corrected chi connectivity index (χ0v) is 13.3. The highest BCUT2D eigenvalue weighted by atomic mass is 32.2. The maximum Gasteiger partial charge on any atom is 0.247 e. The van der Waals surface area contributed by atoms with Crippen molar-refractivity contribution >= 4 is 10.0 Å². The number of aromatic nitrogens is 2. The second-order valence-corrected chi connectivity index (χ2v) is 6.74. The Morgan fingerprint density at radius 2 is 1.71 bits per heavy atom. The van der Waals surface area contributed by atoms with Crippen molar-refractivity contribution in [2.45, 2.75) is 11.3 Å². The summed E-state index contributed by atoms with van der Waals surface area (Å²) in [6, 6.07) is 13.7. The van der Waals surface area contributed by atoms with Crippen LogP contribution in [0.1, 0.15) is 5.89 Å². The molecule has 0 unspecified atom stereocenters. The number of rotatable bonds is 6. The summed E-state index contributed by atoms with van der Waals surface area (Å²) in [5, 5.41) is 7.74. The molecule has 0 atom stereocenters. The lowest BCUT2D eigenvalue weighted by molar-refractivity contribution is 0.502. The van der Waals surface area contributed by atoms with Crippen molar-refractivity contribution in [3.63, 3.8) is 0 Å². The van der Waals surface area contributed by atoms with Gasteiger partial charge < -0.3 is 4.42 Å². The first kappa shape index (κ1) is 16.3. The first-order valence-electron chi connectivity index (χ1n) is 7.18. The van der Waals surface area contributed by atoms with Gasteiger partial charge in [-0.15, -0.1) is 10.2 Å². The van der Waals surface area contributed by atoms with Crippen molar-refractivity contribution in [2.75, 3.05) is 6.54 Å². The van der Waals surface area contributed by atoms with Gasteiger partial charge in [0.25, 0.3) is 0 Å². The van der Waals surface area contributed by atoms with Crippen LogP contribution in [-0.2, 0) is 16.4 Å². The van der Waals surface area contributed by atoms with E-state index in [4.69, 9.17) is 4.42 Å². The van der Waals surface area contributed by atoms with Gasteiger partial charge in [-0.1, -0.05) is 18.2 Å². The summed E-state index contributed by atoms with van der Waals surface area (Å²) in [6.07, 6.45) is 0.250. The van der Waals surface area contributed by atoms with Gasteiger partial charge in [-0.2, -0.15) is 0 Å². The summed E-state index contributed by atoms with van der Waals surface area (Å²) in [5.41, 5.74) is 0.597. The number of benzene rings is 2. The van der Waals surface area contributed by atoms with E-state index in [-0.39, 0.29) is 29.6 Å². The van der Waals surface area contributed by atoms with Gasteiger partial charge in [0.15, 0.2) is 0 Å². The van der Waals surface area contributed by atoms with Gasteiger partial charge >= 0.3 is 0 Å². The van der Waals surface area contributed by atoms with Crippen LogP contribution in [0.4, 0.5) is 4.39 Å². The van der Waals surface area contributed by atoms with Crippen LogP contribution < -0.4 is 4.72 Å². The third-order valence-corrected chi connectivity index (χ3v) is 4.72. The SMILES string of the molecule is O=S(=O)(NCCc1nnc(-c2ccc(F)cc2)o1)c1ccccc1. The summed E-state index contributed by atoms with van der Waals surface area (Å²) in [6.45, 7) is 0.127. The number of nitrogens with one attached hydrogen (secondary N) is 1. The summed E-state index contributed by atoms with van der Waals surface area (Å²) in [5.74, 6) is 0.204. The second kappa shape index (κ2) is 6.90. The Labute approximate surface area is 138 Å². The summed E-state index contributed by atoms with van der Waals surface area (Å²) in [7, 11) is -3.56. The number of hydrogen-bond acceptors (Lipinski definition) is 5. The predicted octanol–water partition coefficient (Wildman–Crippen LogP) is 2.40. The molecule has 0 aliphatic heterocycles. The second-order valence-electron chi connectivity index (χ2n) is 4.97. The molecule has 0 bridgehead atoms. The average molecular weight is 347 g/mol. The minimum atomic E-state index is -3.56. The van der Waals surface area contributed by atoms with Crippen molar-refractivity contribution in [2.24, 2.45) is 0 Å². The van der Waals surface area contributed by atoms with Gasteiger partial charge in [0, 0.05) is 18.5 Å². The lowest BCUT2D eigenvalue weighted by Crippen LogP contribution is -2.26. The number of nitrogens with zero attached hydrogens (tertiary/aromatic N) is 2. The Hall–Kier alpha value is -2.58. The minimum absolute atomic E-state index is 0.127. The highest BCUT2D eigenvalue weighted by Crippen LogP contribution is 2.18. The maximum atomic E-state index is 12.9. The lowest BCUT2D eigenvalue weighted by atomic mass is 10.2. The summed E-state index contributed by atoms with van der Waals surface area (Å²) < 4.78 is 45.0. The Balaban J connectivity index is 1.61. The van der Waals surface area contributed by atoms with Crippen LogP contribution in [0, 0.1) is 5.82 Å². The quantitative estimate of drug-likeness (QED) is 0.740. The van der Waals surface area contributed by atoms with E-state index in [0.717, 1.165) is 0 Å². The molecule has 0 radical (unpaired) electrons. The molecule has 0 saturated heterocycles. The van der Waals surface area contributed by atoms with Gasteiger partial charge in [0.2, 0.25) is 21.8 Å². The first-order valence-corrected chi connectivity index (χ1v) is 8.66. The van der Waals surface area contributed by atoms with E-state index in [1.165, 1.54) is 36.4 Å². The van der Waals surface area contributed by atoms with Crippen LogP contribution >= 0.6 is 0 Å². The van der Waals surface area contributed by atoms with Crippen LogP contribution in [0.15, 0.2) is 63.9 Å². The smallest absolute Gasteiger partial charge is 0.247 e. The molecule has 0 saturated carbocycles. The molecule has 24 heavy (non-hydrogen) atoms. The van der Waals surface area contributed by atoms with Crippen LogP contribution in [-0.4, -0.2) is 25.2 Å². The molecule has 3 rings (SSSR count). The van der Waals surface area contributed by atoms with E-state index in [0.29, 0.717) is 11.5 Å². The van der Waals surface area contributed by atoms with Crippen LogP contribution in [0.3, 0.4) is 0 Å². The number of halogens is 1. The molecule has 1 heterocycles. The van der Waals surface area contributed by atoms with Gasteiger partial charge in [-0.05, 0) is 36.4 Å². The molecule has 0 aliphatic rings. The standard InChI is InChI=1S/C16H14FN3O3S/c17-13-8-6-12(7-9-13)16-20-19-15(23-16)10-11-18-24(21,22)14-4-2-1-3-5-14/h1-9,18H,10-11H2. The van der Waals surface area contributed by atoms with Crippen molar-refractivity contribution in [3.8, 4) is 11.5 Å². The molecule has 0 amide bonds. The van der Waals surface area contributed by atoms with E-state index < -0.39 is 10.0 Å². The van der Waals surface area contributed by atoms with Crippen LogP contribution in [0.2, 0.25) is 0 Å². The van der Waals surface area contributed by atoms with E-state index in [9.17, 15) is 12.8 Å². The van der Waals surface area contributed by atoms with Gasteiger partial charge in [-0.3, -0.25) is 0 Å². The van der Waals surface area contributed by atoms with Crippen LogP contribution in [0.5, 0.6) is 0 Å². The molecule has 1 N–H and O–H groups in total. The normalized spacial score (nSPS) is 11.5. The zero-order valence-electron chi connectivity index (χ0n) is 12.5. The minimum Gasteiger partial charge on any atom is -0.421 e. The van der Waals surface area contributed by atoms with E-state index >= 15 is 0 Å². The third kappa shape index (κ3) is 3.84. The molecular formula is C16H14FN3O3S. The fraction of sp³-hybridized carbons (Fsp3) is 0.125. The van der Waals surface area contributed by atoms with E-state index in [1.54, 1.807) is 18.2 Å². The average Bonchev–Trinajstić information content (AvgIpc) is 3.05. The fourth-order valence-electron chi connectivity index (χ4n) is 2.04. The van der Waals surface area contributed by atoms with Gasteiger partial charge in [0.1, 0.15) is 5.82 Å². The molecule has 3 aromatic rings. The highest BCUT2D eigenvalue weighted by molar-refractivity contribution is 7.89. The van der Waals surface area contributed by atoms with Gasteiger partial charge in [0.05, 0.1) is 4.90 Å². The first-order chi connectivity index (χ1) is 11.5. The van der Waals surface area contributed by atoms with Crippen molar-refractivity contribution < 1.29 is 17.2 Å². The Kier molecular flexibility index (Phi) is 4.68. The molecule has 1 aromatic heterocycles. The Morgan fingerprint density at radius 3 is 2.42 bits per heavy atom. The monoisotopic (exact) mass is 347 g/mol. The molecule has 0 spiro atoms. The van der Waals surface area contributed by atoms with E-state index in [1.807, 2.05) is 0 Å². The molecule has 124 valence electrons. The largest absolute Gasteiger partial charge is 0.421 e. The van der Waals surface area contributed by atoms with Crippen molar-refractivity contribution in [1.29, 1.82) is 0 Å².